The normalized spacial score (nSPS) is 24.6. The topological polar surface area (TPSA) is 21.3 Å². The van der Waals surface area contributed by atoms with Crippen molar-refractivity contribution in [1.29, 1.82) is 0 Å². The monoisotopic (exact) mass is 247 g/mol. The van der Waals surface area contributed by atoms with Crippen LogP contribution in [0, 0.1) is 6.92 Å². The molecule has 2 nitrogen and oxygen atoms in total. The van der Waals surface area contributed by atoms with E-state index in [0.29, 0.717) is 18.2 Å². The third kappa shape index (κ3) is 3.33. The lowest BCUT2D eigenvalue weighted by atomic mass is 9.87. The Morgan fingerprint density at radius 3 is 2.44 bits per heavy atom. The molecule has 0 heterocycles. The fourth-order valence-electron chi connectivity index (χ4n) is 2.61. The van der Waals surface area contributed by atoms with Crippen LogP contribution in [0.15, 0.2) is 24.3 Å². The van der Waals surface area contributed by atoms with Gasteiger partial charge in [-0.25, -0.2) is 0 Å². The largest absolute Gasteiger partial charge is 0.378 e. The van der Waals surface area contributed by atoms with E-state index in [1.807, 2.05) is 0 Å². The van der Waals surface area contributed by atoms with Crippen LogP contribution in [0.3, 0.4) is 0 Å². The van der Waals surface area contributed by atoms with Crippen LogP contribution in [0.5, 0.6) is 0 Å². The summed E-state index contributed by atoms with van der Waals surface area (Å²) in [5.74, 6) is 0. The van der Waals surface area contributed by atoms with Gasteiger partial charge in [0, 0.05) is 18.7 Å². The molecular weight excluding hydrogens is 222 g/mol. The van der Waals surface area contributed by atoms with E-state index in [-0.39, 0.29) is 0 Å². The van der Waals surface area contributed by atoms with E-state index < -0.39 is 0 Å². The van der Waals surface area contributed by atoms with E-state index in [4.69, 9.17) is 4.74 Å². The van der Waals surface area contributed by atoms with Crippen LogP contribution >= 0.6 is 0 Å². The number of rotatable bonds is 6. The summed E-state index contributed by atoms with van der Waals surface area (Å²) in [4.78, 5) is 0. The van der Waals surface area contributed by atoms with E-state index in [1.165, 1.54) is 11.1 Å². The third-order valence-corrected chi connectivity index (χ3v) is 3.82. The minimum absolute atomic E-state index is 0.484. The highest BCUT2D eigenvalue weighted by molar-refractivity contribution is 5.24. The Morgan fingerprint density at radius 2 is 1.89 bits per heavy atom. The highest BCUT2D eigenvalue weighted by Gasteiger charge is 2.30. The van der Waals surface area contributed by atoms with Crippen LogP contribution in [0.4, 0.5) is 0 Å². The summed E-state index contributed by atoms with van der Waals surface area (Å²) < 4.78 is 5.60. The van der Waals surface area contributed by atoms with Gasteiger partial charge in [-0.2, -0.15) is 0 Å². The van der Waals surface area contributed by atoms with E-state index in [2.05, 4.69) is 50.4 Å². The second kappa shape index (κ2) is 6.35. The Bertz CT molecular complexity index is 354. The summed E-state index contributed by atoms with van der Waals surface area (Å²) in [6.07, 6.45) is 3.95. The van der Waals surface area contributed by atoms with Crippen LogP contribution in [-0.2, 0) is 4.74 Å². The average Bonchev–Trinajstić information content (AvgIpc) is 2.33. The number of hydrogen-bond donors (Lipinski definition) is 1. The van der Waals surface area contributed by atoms with Gasteiger partial charge in [0.1, 0.15) is 0 Å². The van der Waals surface area contributed by atoms with Crippen molar-refractivity contribution in [2.24, 2.45) is 0 Å². The van der Waals surface area contributed by atoms with E-state index in [0.717, 1.165) is 25.9 Å². The maximum absolute atomic E-state index is 5.60. The highest BCUT2D eigenvalue weighted by Crippen LogP contribution is 2.27. The molecule has 1 aromatic carbocycles. The standard InChI is InChI=1S/C16H25NO/c1-4-16(13-8-6-12(3)7-9-13)17-14-10-15(11-14)18-5-2/h6-9,14-17H,4-5,10-11H2,1-3H3. The number of ether oxygens (including phenoxy) is 1. The lowest BCUT2D eigenvalue weighted by Gasteiger charge is -2.38. The second-order valence-corrected chi connectivity index (χ2v) is 5.28. The SMILES string of the molecule is CCOC1CC(NC(CC)c2ccc(C)cc2)C1. The van der Waals surface area contributed by atoms with Crippen LogP contribution in [-0.4, -0.2) is 18.8 Å². The van der Waals surface area contributed by atoms with Crippen LogP contribution in [0.2, 0.25) is 0 Å². The number of benzene rings is 1. The van der Waals surface area contributed by atoms with Crippen LogP contribution < -0.4 is 5.32 Å². The van der Waals surface area contributed by atoms with Gasteiger partial charge in [-0.1, -0.05) is 36.8 Å². The Hall–Kier alpha value is -0.860. The molecule has 1 aliphatic carbocycles. The average molecular weight is 247 g/mol. The molecule has 0 bridgehead atoms. The molecular formula is C16H25NO. The molecule has 100 valence electrons. The minimum Gasteiger partial charge on any atom is -0.378 e. The summed E-state index contributed by atoms with van der Waals surface area (Å²) in [7, 11) is 0. The number of hydrogen-bond acceptors (Lipinski definition) is 2. The first kappa shape index (κ1) is 13.6. The van der Waals surface area contributed by atoms with Crippen molar-refractivity contribution in [3.05, 3.63) is 35.4 Å². The van der Waals surface area contributed by atoms with Gasteiger partial charge in [-0.05, 0) is 38.7 Å². The van der Waals surface area contributed by atoms with Gasteiger partial charge in [0.2, 0.25) is 0 Å². The molecule has 0 aromatic heterocycles. The third-order valence-electron chi connectivity index (χ3n) is 3.82. The van der Waals surface area contributed by atoms with Crippen LogP contribution in [0.25, 0.3) is 0 Å². The molecule has 1 aliphatic rings. The van der Waals surface area contributed by atoms with Gasteiger partial charge < -0.3 is 10.1 Å². The first-order valence-corrected chi connectivity index (χ1v) is 7.17. The molecule has 0 amide bonds. The predicted octanol–water partition coefficient (Wildman–Crippen LogP) is 3.60. The fraction of sp³-hybridized carbons (Fsp3) is 0.625. The zero-order valence-corrected chi connectivity index (χ0v) is 11.8. The molecule has 0 spiro atoms. The zero-order valence-electron chi connectivity index (χ0n) is 11.8. The zero-order chi connectivity index (χ0) is 13.0. The van der Waals surface area contributed by atoms with Gasteiger partial charge in [-0.15, -0.1) is 0 Å². The van der Waals surface area contributed by atoms with Gasteiger partial charge in [-0.3, -0.25) is 0 Å². The molecule has 1 saturated carbocycles. The quantitative estimate of drug-likeness (QED) is 0.829. The molecule has 0 radical (unpaired) electrons. The lowest BCUT2D eigenvalue weighted by Crippen LogP contribution is -2.46. The Kier molecular flexibility index (Phi) is 4.79. The minimum atomic E-state index is 0.484. The molecule has 0 aliphatic heterocycles. The molecule has 2 heteroatoms. The van der Waals surface area contributed by atoms with Gasteiger partial charge in [0.25, 0.3) is 0 Å². The van der Waals surface area contributed by atoms with Gasteiger partial charge >= 0.3 is 0 Å². The molecule has 1 atom stereocenters. The van der Waals surface area contributed by atoms with E-state index >= 15 is 0 Å². The number of aryl methyl sites for hydroxylation is 1. The first-order chi connectivity index (χ1) is 8.72. The summed E-state index contributed by atoms with van der Waals surface area (Å²) in [6, 6.07) is 10.0. The summed E-state index contributed by atoms with van der Waals surface area (Å²) in [5, 5.41) is 3.75. The molecule has 1 fully saturated rings. The Balaban J connectivity index is 1.85. The fourth-order valence-corrected chi connectivity index (χ4v) is 2.61. The van der Waals surface area contributed by atoms with E-state index in [9.17, 15) is 0 Å². The Labute approximate surface area is 111 Å². The predicted molar refractivity (Wildman–Crippen MR) is 75.8 cm³/mol. The molecule has 1 N–H and O–H groups in total. The second-order valence-electron chi connectivity index (χ2n) is 5.28. The van der Waals surface area contributed by atoms with Gasteiger partial charge in [0.15, 0.2) is 0 Å². The van der Waals surface area contributed by atoms with Crippen molar-refractivity contribution < 1.29 is 4.74 Å². The van der Waals surface area contributed by atoms with Crippen molar-refractivity contribution in [3.63, 3.8) is 0 Å². The molecule has 0 saturated heterocycles. The van der Waals surface area contributed by atoms with Crippen LogP contribution in [0.1, 0.15) is 50.3 Å². The summed E-state index contributed by atoms with van der Waals surface area (Å²) >= 11 is 0. The molecule has 1 aromatic rings. The summed E-state index contributed by atoms with van der Waals surface area (Å²) in [6.45, 7) is 7.29. The molecule has 1 unspecified atom stereocenters. The smallest absolute Gasteiger partial charge is 0.0604 e. The lowest BCUT2D eigenvalue weighted by molar-refractivity contribution is -0.0126. The highest BCUT2D eigenvalue weighted by atomic mass is 16.5. The Morgan fingerprint density at radius 1 is 1.22 bits per heavy atom. The summed E-state index contributed by atoms with van der Waals surface area (Å²) in [5.41, 5.74) is 2.73. The van der Waals surface area contributed by atoms with E-state index in [1.54, 1.807) is 0 Å². The van der Waals surface area contributed by atoms with Gasteiger partial charge in [0.05, 0.1) is 6.10 Å². The maximum Gasteiger partial charge on any atom is 0.0604 e. The van der Waals surface area contributed by atoms with Crippen molar-refractivity contribution >= 4 is 0 Å². The van der Waals surface area contributed by atoms with Crippen molar-refractivity contribution in [1.82, 2.24) is 5.32 Å². The van der Waals surface area contributed by atoms with Crippen molar-refractivity contribution in [2.75, 3.05) is 6.61 Å². The maximum atomic E-state index is 5.60. The number of nitrogens with one attached hydrogen (secondary N) is 1. The molecule has 2 rings (SSSR count). The first-order valence-electron chi connectivity index (χ1n) is 7.17. The van der Waals surface area contributed by atoms with Crippen molar-refractivity contribution in [2.45, 2.75) is 58.2 Å². The van der Waals surface area contributed by atoms with Crippen molar-refractivity contribution in [3.8, 4) is 0 Å². The molecule has 18 heavy (non-hydrogen) atoms.